The van der Waals surface area contributed by atoms with E-state index < -0.39 is 5.82 Å². The van der Waals surface area contributed by atoms with Gasteiger partial charge in [-0.05, 0) is 19.9 Å². The molecule has 144 valence electrons. The number of carbonyl (C=O) groups excluding carboxylic acids is 1. The zero-order valence-electron chi connectivity index (χ0n) is 15.7. The average molecular weight is 381 g/mol. The number of hydrogen-bond acceptors (Lipinski definition) is 6. The molecule has 0 aromatic carbocycles. The maximum Gasteiger partial charge on any atom is 0.255 e. The molecule has 0 aliphatic carbocycles. The number of amides is 1. The minimum absolute atomic E-state index is 0.209. The Morgan fingerprint density at radius 2 is 1.75 bits per heavy atom. The van der Waals surface area contributed by atoms with Crippen molar-refractivity contribution in [2.75, 3.05) is 31.1 Å². The Labute approximate surface area is 161 Å². The molecule has 0 unspecified atom stereocenters. The quantitative estimate of drug-likeness (QED) is 0.688. The van der Waals surface area contributed by atoms with Gasteiger partial charge in [0.2, 0.25) is 0 Å². The van der Waals surface area contributed by atoms with Crippen molar-refractivity contribution in [1.29, 1.82) is 0 Å². The molecule has 4 heterocycles. The fraction of sp³-hybridized carbons (Fsp3) is 0.316. The highest BCUT2D eigenvalue weighted by atomic mass is 19.1. The van der Waals surface area contributed by atoms with Crippen LogP contribution in [0.3, 0.4) is 0 Å². The van der Waals surface area contributed by atoms with Gasteiger partial charge in [-0.1, -0.05) is 0 Å². The lowest BCUT2D eigenvalue weighted by Crippen LogP contribution is -2.49. The minimum atomic E-state index is -0.511. The zero-order valence-corrected chi connectivity index (χ0v) is 15.7. The summed E-state index contributed by atoms with van der Waals surface area (Å²) in [4.78, 5) is 33.2. The predicted octanol–water partition coefficient (Wildman–Crippen LogP) is 1.78. The van der Waals surface area contributed by atoms with Crippen LogP contribution in [0.15, 0.2) is 37.2 Å². The Kier molecular flexibility index (Phi) is 4.72. The topological polar surface area (TPSA) is 80.0 Å². The molecule has 1 aliphatic heterocycles. The van der Waals surface area contributed by atoms with E-state index in [4.69, 9.17) is 0 Å². The van der Waals surface area contributed by atoms with Crippen LogP contribution >= 0.6 is 0 Å². The van der Waals surface area contributed by atoms with E-state index in [1.54, 1.807) is 11.2 Å². The maximum atomic E-state index is 13.3. The van der Waals surface area contributed by atoms with E-state index in [-0.39, 0.29) is 11.5 Å². The van der Waals surface area contributed by atoms with Crippen molar-refractivity contribution in [3.05, 3.63) is 59.9 Å². The molecular formula is C19H20FN7O. The fourth-order valence-corrected chi connectivity index (χ4v) is 3.22. The van der Waals surface area contributed by atoms with Gasteiger partial charge in [-0.25, -0.2) is 19.3 Å². The molecule has 3 aromatic rings. The first-order valence-corrected chi connectivity index (χ1v) is 9.00. The second-order valence-electron chi connectivity index (χ2n) is 6.69. The van der Waals surface area contributed by atoms with E-state index in [1.807, 2.05) is 24.5 Å². The van der Waals surface area contributed by atoms with Crippen molar-refractivity contribution in [3.8, 4) is 5.82 Å². The molecule has 0 bridgehead atoms. The molecule has 8 nitrogen and oxygen atoms in total. The molecular weight excluding hydrogens is 361 g/mol. The molecule has 0 saturated carbocycles. The molecule has 0 N–H and O–H groups in total. The largest absolute Gasteiger partial charge is 0.353 e. The average Bonchev–Trinajstić information content (AvgIpc) is 3.06. The number of piperazine rings is 1. The van der Waals surface area contributed by atoms with Gasteiger partial charge >= 0.3 is 0 Å². The van der Waals surface area contributed by atoms with Gasteiger partial charge in [0.1, 0.15) is 30.1 Å². The summed E-state index contributed by atoms with van der Waals surface area (Å²) in [5, 5.41) is 0. The van der Waals surface area contributed by atoms with Crippen LogP contribution in [-0.4, -0.2) is 61.5 Å². The lowest BCUT2D eigenvalue weighted by molar-refractivity contribution is 0.0745. The number of rotatable bonds is 3. The number of carbonyl (C=O) groups is 1. The van der Waals surface area contributed by atoms with Crippen molar-refractivity contribution < 1.29 is 9.18 Å². The van der Waals surface area contributed by atoms with Crippen molar-refractivity contribution >= 4 is 11.7 Å². The van der Waals surface area contributed by atoms with Gasteiger partial charge in [-0.3, -0.25) is 14.3 Å². The van der Waals surface area contributed by atoms with E-state index in [2.05, 4.69) is 24.8 Å². The Hall–Kier alpha value is -3.36. The minimum Gasteiger partial charge on any atom is -0.353 e. The normalized spacial score (nSPS) is 14.4. The van der Waals surface area contributed by atoms with Crippen molar-refractivity contribution in [2.45, 2.75) is 13.8 Å². The molecule has 0 spiro atoms. The SMILES string of the molecule is Cc1ncn(-c2cc(N3CCN(C(=O)c4cncc(F)c4)CC3)ncn2)c1C. The Morgan fingerprint density at radius 1 is 1.00 bits per heavy atom. The van der Waals surface area contributed by atoms with Gasteiger partial charge in [-0.15, -0.1) is 0 Å². The lowest BCUT2D eigenvalue weighted by Gasteiger charge is -2.35. The zero-order chi connectivity index (χ0) is 19.7. The van der Waals surface area contributed by atoms with Gasteiger partial charge in [0, 0.05) is 44.1 Å². The Bertz CT molecular complexity index is 1010. The van der Waals surface area contributed by atoms with Crippen LogP contribution < -0.4 is 4.90 Å². The van der Waals surface area contributed by atoms with E-state index in [9.17, 15) is 9.18 Å². The number of imidazole rings is 1. The molecule has 9 heteroatoms. The Morgan fingerprint density at radius 3 is 2.43 bits per heavy atom. The Balaban J connectivity index is 1.46. The third kappa shape index (κ3) is 3.42. The number of aromatic nitrogens is 5. The van der Waals surface area contributed by atoms with Crippen LogP contribution in [0.25, 0.3) is 5.82 Å². The van der Waals surface area contributed by atoms with Gasteiger partial charge in [0.05, 0.1) is 17.5 Å². The molecule has 4 rings (SSSR count). The summed E-state index contributed by atoms with van der Waals surface area (Å²) in [6, 6.07) is 3.13. The van der Waals surface area contributed by atoms with Gasteiger partial charge in [0.25, 0.3) is 5.91 Å². The molecule has 3 aromatic heterocycles. The highest BCUT2D eigenvalue weighted by Crippen LogP contribution is 2.19. The molecule has 1 aliphatic rings. The summed E-state index contributed by atoms with van der Waals surface area (Å²) < 4.78 is 15.3. The number of pyridine rings is 1. The van der Waals surface area contributed by atoms with E-state index >= 15 is 0 Å². The second kappa shape index (κ2) is 7.34. The number of hydrogen-bond donors (Lipinski definition) is 0. The molecule has 1 fully saturated rings. The lowest BCUT2D eigenvalue weighted by atomic mass is 10.2. The van der Waals surface area contributed by atoms with Crippen molar-refractivity contribution in [1.82, 2.24) is 29.4 Å². The van der Waals surface area contributed by atoms with Crippen LogP contribution in [-0.2, 0) is 0 Å². The van der Waals surface area contributed by atoms with Crippen molar-refractivity contribution in [2.24, 2.45) is 0 Å². The first-order valence-electron chi connectivity index (χ1n) is 9.00. The van der Waals surface area contributed by atoms with E-state index in [1.165, 1.54) is 18.6 Å². The van der Waals surface area contributed by atoms with Crippen LogP contribution in [0.4, 0.5) is 10.2 Å². The molecule has 0 atom stereocenters. The van der Waals surface area contributed by atoms with Gasteiger partial charge in [-0.2, -0.15) is 0 Å². The summed E-state index contributed by atoms with van der Waals surface area (Å²) in [6.45, 7) is 6.27. The van der Waals surface area contributed by atoms with Crippen LogP contribution in [0.2, 0.25) is 0 Å². The number of nitrogens with zero attached hydrogens (tertiary/aromatic N) is 7. The van der Waals surface area contributed by atoms with Crippen LogP contribution in [0.5, 0.6) is 0 Å². The highest BCUT2D eigenvalue weighted by Gasteiger charge is 2.23. The number of halogens is 1. The maximum absolute atomic E-state index is 13.3. The van der Waals surface area contributed by atoms with Crippen LogP contribution in [0, 0.1) is 19.7 Å². The van der Waals surface area contributed by atoms with Gasteiger partial charge < -0.3 is 9.80 Å². The predicted molar refractivity (Wildman–Crippen MR) is 101 cm³/mol. The first kappa shape index (κ1) is 18.0. The molecule has 1 saturated heterocycles. The number of anilines is 1. The second-order valence-corrected chi connectivity index (χ2v) is 6.69. The summed E-state index contributed by atoms with van der Waals surface area (Å²) in [5.41, 5.74) is 2.26. The van der Waals surface area contributed by atoms with Crippen LogP contribution in [0.1, 0.15) is 21.7 Å². The summed E-state index contributed by atoms with van der Waals surface area (Å²) in [7, 11) is 0. The fourth-order valence-electron chi connectivity index (χ4n) is 3.22. The van der Waals surface area contributed by atoms with E-state index in [0.717, 1.165) is 29.2 Å². The summed E-state index contributed by atoms with van der Waals surface area (Å²) in [6.07, 6.45) is 5.77. The summed E-state index contributed by atoms with van der Waals surface area (Å²) >= 11 is 0. The molecule has 0 radical (unpaired) electrons. The smallest absolute Gasteiger partial charge is 0.255 e. The molecule has 28 heavy (non-hydrogen) atoms. The van der Waals surface area contributed by atoms with Gasteiger partial charge in [0.15, 0.2) is 0 Å². The third-order valence-corrected chi connectivity index (χ3v) is 4.98. The third-order valence-electron chi connectivity index (χ3n) is 4.98. The summed E-state index contributed by atoms with van der Waals surface area (Å²) in [5.74, 6) is 0.838. The monoisotopic (exact) mass is 381 g/mol. The van der Waals surface area contributed by atoms with E-state index in [0.29, 0.717) is 26.2 Å². The number of aryl methyl sites for hydroxylation is 1. The standard InChI is InChI=1S/C19H20FN7O/c1-13-14(2)27(12-24-13)18-8-17(22-11-23-18)25-3-5-26(6-4-25)19(28)15-7-16(20)10-21-9-15/h7-12H,3-6H2,1-2H3. The highest BCUT2D eigenvalue weighted by molar-refractivity contribution is 5.94. The first-order chi connectivity index (χ1) is 13.5. The molecule has 1 amide bonds. The van der Waals surface area contributed by atoms with Crippen molar-refractivity contribution in [3.63, 3.8) is 0 Å².